The van der Waals surface area contributed by atoms with E-state index in [1.165, 1.54) is 0 Å². The first-order valence-corrected chi connectivity index (χ1v) is 6.79. The Morgan fingerprint density at radius 3 is 2.47 bits per heavy atom. The maximum atomic E-state index is 11.3. The largest absolute Gasteiger partial charge is 0.459 e. The molecular formula is C14H26O5. The molecule has 0 aromatic rings. The summed E-state index contributed by atoms with van der Waals surface area (Å²) in [7, 11) is 0. The third kappa shape index (κ3) is 11.9. The zero-order chi connectivity index (χ0) is 14.5. The molecule has 112 valence electrons. The van der Waals surface area contributed by atoms with Crippen LogP contribution in [0.15, 0.2) is 11.6 Å². The first-order chi connectivity index (χ1) is 9.15. The second-order valence-electron chi connectivity index (χ2n) is 4.09. The lowest BCUT2D eigenvalue weighted by molar-refractivity contribution is -0.139. The first kappa shape index (κ1) is 18.1. The standard InChI is InChI=1S/C10H16O4.C4H10O/c1-8(4-2-3-5-11)10(12)14-7-9-6-13-9;1-3-5-4-2/h4,9,11H,2-3,5-7H2,1H3;3-4H2,1-2H3/b8-4+;. The summed E-state index contributed by atoms with van der Waals surface area (Å²) in [5, 5.41) is 8.54. The van der Waals surface area contributed by atoms with Gasteiger partial charge >= 0.3 is 5.97 Å². The lowest BCUT2D eigenvalue weighted by atomic mass is 10.2. The molecule has 0 aromatic carbocycles. The molecular weight excluding hydrogens is 248 g/mol. The second kappa shape index (κ2) is 12.1. The van der Waals surface area contributed by atoms with E-state index in [0.717, 1.165) is 13.2 Å². The van der Waals surface area contributed by atoms with E-state index in [1.807, 2.05) is 13.8 Å². The minimum Gasteiger partial charge on any atom is -0.459 e. The number of aliphatic hydroxyl groups is 1. The molecule has 1 aliphatic rings. The van der Waals surface area contributed by atoms with Gasteiger partial charge in [0.15, 0.2) is 0 Å². The van der Waals surface area contributed by atoms with Crippen LogP contribution >= 0.6 is 0 Å². The van der Waals surface area contributed by atoms with Gasteiger partial charge in [0.05, 0.1) is 6.61 Å². The van der Waals surface area contributed by atoms with Gasteiger partial charge in [-0.1, -0.05) is 6.08 Å². The third-order valence-electron chi connectivity index (χ3n) is 2.35. The van der Waals surface area contributed by atoms with E-state index >= 15 is 0 Å². The third-order valence-corrected chi connectivity index (χ3v) is 2.35. The molecule has 1 heterocycles. The molecule has 0 aromatic heterocycles. The average molecular weight is 274 g/mol. The molecule has 1 fully saturated rings. The van der Waals surface area contributed by atoms with Gasteiger partial charge in [-0.15, -0.1) is 0 Å². The van der Waals surface area contributed by atoms with Crippen LogP contribution in [0.25, 0.3) is 0 Å². The molecule has 0 spiro atoms. The molecule has 19 heavy (non-hydrogen) atoms. The molecule has 0 saturated carbocycles. The summed E-state index contributed by atoms with van der Waals surface area (Å²) >= 11 is 0. The maximum Gasteiger partial charge on any atom is 0.333 e. The molecule has 0 amide bonds. The van der Waals surface area contributed by atoms with Crippen molar-refractivity contribution in [3.63, 3.8) is 0 Å². The Morgan fingerprint density at radius 1 is 1.42 bits per heavy atom. The fourth-order valence-corrected chi connectivity index (χ4v) is 1.14. The predicted octanol–water partition coefficient (Wildman–Crippen LogP) is 1.69. The summed E-state index contributed by atoms with van der Waals surface area (Å²) in [6.07, 6.45) is 3.28. The van der Waals surface area contributed by atoms with Gasteiger partial charge in [0, 0.05) is 25.4 Å². The number of carbonyl (C=O) groups excluding carboxylic acids is 1. The van der Waals surface area contributed by atoms with Gasteiger partial charge in [-0.2, -0.15) is 0 Å². The summed E-state index contributed by atoms with van der Waals surface area (Å²) in [6.45, 7) is 8.58. The lowest BCUT2D eigenvalue weighted by Crippen LogP contribution is -2.10. The minimum atomic E-state index is -0.293. The summed E-state index contributed by atoms with van der Waals surface area (Å²) in [4.78, 5) is 11.3. The zero-order valence-corrected chi connectivity index (χ0v) is 12.2. The number of unbranched alkanes of at least 4 members (excludes halogenated alkanes) is 1. The molecule has 5 heteroatoms. The Hall–Kier alpha value is -0.910. The van der Waals surface area contributed by atoms with Crippen molar-refractivity contribution in [2.45, 2.75) is 39.7 Å². The molecule has 1 saturated heterocycles. The van der Waals surface area contributed by atoms with E-state index in [2.05, 4.69) is 0 Å². The molecule has 1 atom stereocenters. The molecule has 5 nitrogen and oxygen atoms in total. The van der Waals surface area contributed by atoms with Crippen LogP contribution < -0.4 is 0 Å². The van der Waals surface area contributed by atoms with Gasteiger partial charge in [-0.05, 0) is 33.6 Å². The topological polar surface area (TPSA) is 68.3 Å². The SMILES string of the molecule is C/C(=C\CCCO)C(=O)OCC1CO1.CCOCC. The fourth-order valence-electron chi connectivity index (χ4n) is 1.14. The number of rotatable bonds is 8. The van der Waals surface area contributed by atoms with Crippen LogP contribution in [0.3, 0.4) is 0 Å². The number of allylic oxidation sites excluding steroid dienone is 1. The van der Waals surface area contributed by atoms with E-state index < -0.39 is 0 Å². The van der Waals surface area contributed by atoms with Crippen LogP contribution in [0.2, 0.25) is 0 Å². The van der Waals surface area contributed by atoms with Crippen LogP contribution in [0.5, 0.6) is 0 Å². The van der Waals surface area contributed by atoms with E-state index in [1.54, 1.807) is 13.0 Å². The highest BCUT2D eigenvalue weighted by Crippen LogP contribution is 2.10. The van der Waals surface area contributed by atoms with Gasteiger partial charge in [-0.3, -0.25) is 0 Å². The van der Waals surface area contributed by atoms with Crippen molar-refractivity contribution in [2.75, 3.05) is 33.0 Å². The second-order valence-corrected chi connectivity index (χ2v) is 4.09. The summed E-state index contributed by atoms with van der Waals surface area (Å²) in [5.74, 6) is -0.293. The highest BCUT2D eigenvalue weighted by Gasteiger charge is 2.24. The average Bonchev–Trinajstić information content (AvgIpc) is 3.22. The summed E-state index contributed by atoms with van der Waals surface area (Å²) < 4.78 is 14.7. The highest BCUT2D eigenvalue weighted by atomic mass is 16.6. The Morgan fingerprint density at radius 2 is 2.05 bits per heavy atom. The highest BCUT2D eigenvalue weighted by molar-refractivity contribution is 5.87. The van der Waals surface area contributed by atoms with Gasteiger partial charge in [0.2, 0.25) is 0 Å². The van der Waals surface area contributed by atoms with Gasteiger partial charge in [-0.25, -0.2) is 4.79 Å². The molecule has 0 aliphatic carbocycles. The number of epoxide rings is 1. The van der Waals surface area contributed by atoms with E-state index in [-0.39, 0.29) is 18.7 Å². The fraction of sp³-hybridized carbons (Fsp3) is 0.786. The van der Waals surface area contributed by atoms with Crippen LogP contribution in [0.4, 0.5) is 0 Å². The lowest BCUT2D eigenvalue weighted by Gasteiger charge is -2.02. The summed E-state index contributed by atoms with van der Waals surface area (Å²) in [6, 6.07) is 0. The summed E-state index contributed by atoms with van der Waals surface area (Å²) in [5.41, 5.74) is 0.596. The van der Waals surface area contributed by atoms with Crippen LogP contribution in [0, 0.1) is 0 Å². The minimum absolute atomic E-state index is 0.115. The molecule has 1 unspecified atom stereocenters. The number of ether oxygens (including phenoxy) is 3. The van der Waals surface area contributed by atoms with Crippen molar-refractivity contribution in [1.29, 1.82) is 0 Å². The Labute approximate surface area is 115 Å². The molecule has 1 aliphatic heterocycles. The molecule has 0 radical (unpaired) electrons. The normalized spacial score (nSPS) is 17.5. The van der Waals surface area contributed by atoms with Crippen molar-refractivity contribution >= 4 is 5.97 Å². The van der Waals surface area contributed by atoms with E-state index in [0.29, 0.717) is 31.6 Å². The number of carbonyl (C=O) groups is 1. The van der Waals surface area contributed by atoms with Crippen LogP contribution in [-0.4, -0.2) is 50.2 Å². The molecule has 1 rings (SSSR count). The van der Waals surface area contributed by atoms with Crippen molar-refractivity contribution in [3.8, 4) is 0 Å². The van der Waals surface area contributed by atoms with Crippen molar-refractivity contribution in [3.05, 3.63) is 11.6 Å². The van der Waals surface area contributed by atoms with Gasteiger partial charge in [0.1, 0.15) is 12.7 Å². The Kier molecular flexibility index (Phi) is 11.6. The molecule has 1 N–H and O–H groups in total. The quantitative estimate of drug-likeness (QED) is 0.316. The van der Waals surface area contributed by atoms with Crippen molar-refractivity contribution < 1.29 is 24.1 Å². The van der Waals surface area contributed by atoms with Crippen LogP contribution in [-0.2, 0) is 19.0 Å². The van der Waals surface area contributed by atoms with Gasteiger partial charge in [0.25, 0.3) is 0 Å². The van der Waals surface area contributed by atoms with Crippen LogP contribution in [0.1, 0.15) is 33.6 Å². The number of hydrogen-bond acceptors (Lipinski definition) is 5. The van der Waals surface area contributed by atoms with E-state index in [9.17, 15) is 4.79 Å². The first-order valence-electron chi connectivity index (χ1n) is 6.79. The number of hydrogen-bond donors (Lipinski definition) is 1. The Bertz CT molecular complexity index is 257. The number of aliphatic hydroxyl groups excluding tert-OH is 1. The number of esters is 1. The zero-order valence-electron chi connectivity index (χ0n) is 12.2. The maximum absolute atomic E-state index is 11.3. The van der Waals surface area contributed by atoms with Crippen molar-refractivity contribution in [1.82, 2.24) is 0 Å². The van der Waals surface area contributed by atoms with Crippen molar-refractivity contribution in [2.24, 2.45) is 0 Å². The Balaban J connectivity index is 0.000000555. The van der Waals surface area contributed by atoms with Gasteiger partial charge < -0.3 is 19.3 Å². The molecule has 0 bridgehead atoms. The van der Waals surface area contributed by atoms with E-state index in [4.69, 9.17) is 19.3 Å². The smallest absolute Gasteiger partial charge is 0.333 e. The monoisotopic (exact) mass is 274 g/mol. The predicted molar refractivity (Wildman–Crippen MR) is 72.9 cm³/mol.